The molecule has 18 heavy (non-hydrogen) atoms. The molecule has 0 amide bonds. The minimum atomic E-state index is -1.12. The molecule has 0 saturated carbocycles. The first kappa shape index (κ1) is 10.6. The summed E-state index contributed by atoms with van der Waals surface area (Å²) in [6.07, 6.45) is 1.80. The summed E-state index contributed by atoms with van der Waals surface area (Å²) in [7, 11) is 0. The van der Waals surface area contributed by atoms with Crippen molar-refractivity contribution in [2.45, 2.75) is 6.92 Å². The number of nitrogens with zero attached hydrogens (tertiary/aromatic N) is 1. The molecule has 0 aliphatic carbocycles. The van der Waals surface area contributed by atoms with E-state index in [9.17, 15) is 4.79 Å². The van der Waals surface area contributed by atoms with Gasteiger partial charge in [0.2, 0.25) is 5.76 Å². The summed E-state index contributed by atoms with van der Waals surface area (Å²) in [4.78, 5) is 13.9. The first-order valence-corrected chi connectivity index (χ1v) is 5.43. The van der Waals surface area contributed by atoms with Crippen LogP contribution in [0.5, 0.6) is 0 Å². The van der Waals surface area contributed by atoms with Crippen molar-refractivity contribution in [1.29, 1.82) is 0 Å². The Bertz CT molecular complexity index is 740. The molecule has 2 N–H and O–H groups in total. The van der Waals surface area contributed by atoms with Gasteiger partial charge >= 0.3 is 5.97 Å². The van der Waals surface area contributed by atoms with Crippen LogP contribution in [0.4, 0.5) is 0 Å². The predicted octanol–water partition coefficient (Wildman–Crippen LogP) is 2.83. The number of aromatic amines is 1. The molecule has 0 spiro atoms. The third kappa shape index (κ3) is 1.57. The van der Waals surface area contributed by atoms with E-state index in [1.807, 2.05) is 25.1 Å². The lowest BCUT2D eigenvalue weighted by atomic mass is 10.1. The van der Waals surface area contributed by atoms with Crippen molar-refractivity contribution in [2.24, 2.45) is 0 Å². The Morgan fingerprint density at radius 1 is 1.39 bits per heavy atom. The smallest absolute Gasteiger partial charge is 0.374 e. The van der Waals surface area contributed by atoms with E-state index in [4.69, 9.17) is 9.63 Å². The van der Waals surface area contributed by atoms with Gasteiger partial charge in [-0.15, -0.1) is 0 Å². The fourth-order valence-corrected chi connectivity index (χ4v) is 1.95. The quantitative estimate of drug-likeness (QED) is 0.724. The zero-order valence-electron chi connectivity index (χ0n) is 9.60. The van der Waals surface area contributed by atoms with E-state index in [0.717, 1.165) is 22.0 Å². The average molecular weight is 242 g/mol. The molecule has 2 heterocycles. The number of hydrogen-bond acceptors (Lipinski definition) is 3. The van der Waals surface area contributed by atoms with Gasteiger partial charge in [-0.2, -0.15) is 0 Å². The van der Waals surface area contributed by atoms with Crippen LogP contribution in [0.3, 0.4) is 0 Å². The van der Waals surface area contributed by atoms with Gasteiger partial charge in [0, 0.05) is 28.7 Å². The molecular formula is C13H10N2O3. The zero-order chi connectivity index (χ0) is 12.7. The third-order valence-corrected chi connectivity index (χ3v) is 2.83. The number of rotatable bonds is 2. The molecule has 0 aliphatic heterocycles. The molecule has 0 atom stereocenters. The molecule has 1 aromatic carbocycles. The fourth-order valence-electron chi connectivity index (χ4n) is 1.95. The van der Waals surface area contributed by atoms with Crippen molar-refractivity contribution in [3.05, 3.63) is 41.8 Å². The molecule has 3 rings (SSSR count). The molecule has 5 heteroatoms. The van der Waals surface area contributed by atoms with Crippen molar-refractivity contribution >= 4 is 16.9 Å². The lowest BCUT2D eigenvalue weighted by Gasteiger charge is -1.95. The second kappa shape index (κ2) is 3.73. The van der Waals surface area contributed by atoms with Crippen LogP contribution >= 0.6 is 0 Å². The van der Waals surface area contributed by atoms with Crippen LogP contribution in [-0.4, -0.2) is 21.2 Å². The topological polar surface area (TPSA) is 79.1 Å². The number of hydrogen-bond donors (Lipinski definition) is 2. The predicted molar refractivity (Wildman–Crippen MR) is 65.5 cm³/mol. The molecular weight excluding hydrogens is 232 g/mol. The highest BCUT2D eigenvalue weighted by Crippen LogP contribution is 2.28. The van der Waals surface area contributed by atoms with Crippen LogP contribution < -0.4 is 0 Å². The van der Waals surface area contributed by atoms with Crippen LogP contribution in [0.25, 0.3) is 22.2 Å². The van der Waals surface area contributed by atoms with E-state index in [-0.39, 0.29) is 5.76 Å². The Balaban J connectivity index is 2.18. The second-order valence-electron chi connectivity index (χ2n) is 4.13. The number of benzene rings is 1. The van der Waals surface area contributed by atoms with Gasteiger partial charge in [0.15, 0.2) is 0 Å². The summed E-state index contributed by atoms with van der Waals surface area (Å²) >= 11 is 0. The van der Waals surface area contributed by atoms with Crippen LogP contribution in [0.15, 0.2) is 35.0 Å². The van der Waals surface area contributed by atoms with E-state index in [1.165, 1.54) is 6.07 Å². The second-order valence-corrected chi connectivity index (χ2v) is 4.13. The van der Waals surface area contributed by atoms with Gasteiger partial charge in [0.05, 0.1) is 0 Å². The van der Waals surface area contributed by atoms with E-state index in [1.54, 1.807) is 6.20 Å². The number of aromatic nitrogens is 2. The number of fused-ring (bicyclic) bond motifs is 1. The van der Waals surface area contributed by atoms with Crippen molar-refractivity contribution in [3.63, 3.8) is 0 Å². The van der Waals surface area contributed by atoms with Crippen molar-refractivity contribution in [3.8, 4) is 11.3 Å². The van der Waals surface area contributed by atoms with Crippen LogP contribution in [0, 0.1) is 6.92 Å². The number of nitrogens with one attached hydrogen (secondary N) is 1. The molecule has 90 valence electrons. The first-order valence-electron chi connectivity index (χ1n) is 5.43. The van der Waals surface area contributed by atoms with Gasteiger partial charge in [-0.25, -0.2) is 4.79 Å². The summed E-state index contributed by atoms with van der Waals surface area (Å²) in [5.41, 5.74) is 3.47. The lowest BCUT2D eigenvalue weighted by Crippen LogP contribution is -1.91. The molecule has 2 aromatic heterocycles. The molecule has 0 unspecified atom stereocenters. The summed E-state index contributed by atoms with van der Waals surface area (Å²) in [6, 6.07) is 7.43. The third-order valence-electron chi connectivity index (χ3n) is 2.83. The molecule has 0 bridgehead atoms. The van der Waals surface area contributed by atoms with Gasteiger partial charge in [-0.1, -0.05) is 16.8 Å². The number of H-pyrrole nitrogens is 1. The van der Waals surface area contributed by atoms with Gasteiger partial charge in [-0.05, 0) is 19.1 Å². The van der Waals surface area contributed by atoms with Crippen molar-refractivity contribution in [1.82, 2.24) is 10.1 Å². The molecule has 0 aliphatic rings. The number of carboxylic acids is 1. The minimum absolute atomic E-state index is 0.160. The highest BCUT2D eigenvalue weighted by atomic mass is 16.5. The van der Waals surface area contributed by atoms with E-state index < -0.39 is 5.97 Å². The SMILES string of the molecule is Cc1ccc2[nH]cc(-c3cc(C(=O)O)on3)c2c1. The van der Waals surface area contributed by atoms with Crippen molar-refractivity contribution < 1.29 is 14.4 Å². The lowest BCUT2D eigenvalue weighted by molar-refractivity contribution is 0.0652. The van der Waals surface area contributed by atoms with E-state index in [0.29, 0.717) is 5.69 Å². The Morgan fingerprint density at radius 3 is 2.94 bits per heavy atom. The van der Waals surface area contributed by atoms with Crippen LogP contribution in [0.2, 0.25) is 0 Å². The minimum Gasteiger partial charge on any atom is -0.475 e. The highest BCUT2D eigenvalue weighted by molar-refractivity contribution is 5.96. The number of aryl methyl sites for hydroxylation is 1. The van der Waals surface area contributed by atoms with Gasteiger partial charge in [-0.3, -0.25) is 0 Å². The maximum atomic E-state index is 10.8. The summed E-state index contributed by atoms with van der Waals surface area (Å²) < 4.78 is 4.77. The zero-order valence-corrected chi connectivity index (χ0v) is 9.60. The maximum absolute atomic E-state index is 10.8. The molecule has 3 aromatic rings. The highest BCUT2D eigenvalue weighted by Gasteiger charge is 2.15. The standard InChI is InChI=1S/C13H10N2O3/c1-7-2-3-10-8(4-7)9(6-14-10)11-5-12(13(16)17)18-15-11/h2-6,14H,1H3,(H,16,17). The summed E-state index contributed by atoms with van der Waals surface area (Å²) in [5, 5.41) is 13.6. The molecule has 0 radical (unpaired) electrons. The largest absolute Gasteiger partial charge is 0.475 e. The summed E-state index contributed by atoms with van der Waals surface area (Å²) in [6.45, 7) is 2.00. The number of carbonyl (C=O) groups is 1. The van der Waals surface area contributed by atoms with Crippen LogP contribution in [-0.2, 0) is 0 Å². The first-order chi connectivity index (χ1) is 8.65. The Kier molecular flexibility index (Phi) is 2.19. The summed E-state index contributed by atoms with van der Waals surface area (Å²) in [5.74, 6) is -1.28. The molecule has 0 fully saturated rings. The Morgan fingerprint density at radius 2 is 2.22 bits per heavy atom. The number of aromatic carboxylic acids is 1. The fraction of sp³-hybridized carbons (Fsp3) is 0.0769. The van der Waals surface area contributed by atoms with E-state index >= 15 is 0 Å². The van der Waals surface area contributed by atoms with Crippen LogP contribution in [0.1, 0.15) is 16.1 Å². The molecule has 5 nitrogen and oxygen atoms in total. The number of carboxylic acid groups (broad SMARTS) is 1. The van der Waals surface area contributed by atoms with E-state index in [2.05, 4.69) is 10.1 Å². The van der Waals surface area contributed by atoms with Gasteiger partial charge in [0.1, 0.15) is 5.69 Å². The maximum Gasteiger partial charge on any atom is 0.374 e. The monoisotopic (exact) mass is 242 g/mol. The Hall–Kier alpha value is -2.56. The Labute approximate surface area is 102 Å². The molecule has 0 saturated heterocycles. The normalized spacial score (nSPS) is 10.9. The van der Waals surface area contributed by atoms with Gasteiger partial charge in [0.25, 0.3) is 0 Å². The average Bonchev–Trinajstić information content (AvgIpc) is 2.93. The van der Waals surface area contributed by atoms with Gasteiger partial charge < -0.3 is 14.6 Å². The van der Waals surface area contributed by atoms with Crippen molar-refractivity contribution in [2.75, 3.05) is 0 Å².